The lowest BCUT2D eigenvalue weighted by atomic mass is 10.1. The summed E-state index contributed by atoms with van der Waals surface area (Å²) < 4.78 is 6.09. The fourth-order valence-corrected chi connectivity index (χ4v) is 2.47. The molecule has 0 spiro atoms. The lowest BCUT2D eigenvalue weighted by Gasteiger charge is -2.10. The summed E-state index contributed by atoms with van der Waals surface area (Å²) in [5.74, 6) is 0.909. The van der Waals surface area contributed by atoms with Gasteiger partial charge in [-0.05, 0) is 42.3 Å². The molecule has 110 valence electrons. The number of aryl methyl sites for hydroxylation is 1. The van der Waals surface area contributed by atoms with Gasteiger partial charge in [-0.25, -0.2) is 0 Å². The first kappa shape index (κ1) is 15.9. The number of nitrogens with one attached hydrogen (secondary N) is 1. The van der Waals surface area contributed by atoms with Crippen molar-refractivity contribution in [2.75, 3.05) is 18.3 Å². The number of hydrogen-bond acceptors (Lipinski definition) is 2. The molecule has 2 aromatic carbocycles. The fraction of sp³-hybridized carbons (Fsp3) is 0.188. The average Bonchev–Trinajstić information content (AvgIpc) is 2.49. The van der Waals surface area contributed by atoms with Crippen LogP contribution in [0.2, 0.25) is 0 Å². The number of carbonyl (C=O) groups is 1. The lowest BCUT2D eigenvalue weighted by molar-refractivity contribution is 0.102. The zero-order valence-corrected chi connectivity index (χ0v) is 13.9. The van der Waals surface area contributed by atoms with E-state index in [1.54, 1.807) is 25.3 Å². The summed E-state index contributed by atoms with van der Waals surface area (Å²) >= 11 is 9.05. The minimum absolute atomic E-state index is 0.204. The van der Waals surface area contributed by atoms with Crippen LogP contribution in [0.25, 0.3) is 0 Å². The van der Waals surface area contributed by atoms with E-state index >= 15 is 0 Å². The Kier molecular flexibility index (Phi) is 5.65. The molecule has 2 rings (SSSR count). The number of amides is 1. The van der Waals surface area contributed by atoms with Crippen molar-refractivity contribution in [2.45, 2.75) is 6.42 Å². The normalized spacial score (nSPS) is 10.2. The molecule has 0 heterocycles. The number of rotatable bonds is 5. The third-order valence-corrected chi connectivity index (χ3v) is 3.69. The predicted octanol–water partition coefficient (Wildman–Crippen LogP) is 4.49. The van der Waals surface area contributed by atoms with Crippen molar-refractivity contribution < 1.29 is 9.53 Å². The third-order valence-electron chi connectivity index (χ3n) is 3.00. The molecular weight excluding hydrogens is 354 g/mol. The molecule has 0 bridgehead atoms. The number of halogens is 2. The highest BCUT2D eigenvalue weighted by molar-refractivity contribution is 9.10. The Morgan fingerprint density at radius 3 is 2.57 bits per heavy atom. The van der Waals surface area contributed by atoms with Crippen LogP contribution in [0, 0.1) is 0 Å². The van der Waals surface area contributed by atoms with E-state index in [0.717, 1.165) is 22.1 Å². The Balaban J connectivity index is 2.14. The largest absolute Gasteiger partial charge is 0.496 e. The van der Waals surface area contributed by atoms with Crippen molar-refractivity contribution in [1.29, 1.82) is 0 Å². The highest BCUT2D eigenvalue weighted by Crippen LogP contribution is 2.24. The molecule has 0 aliphatic heterocycles. The van der Waals surface area contributed by atoms with Crippen LogP contribution < -0.4 is 10.1 Å². The van der Waals surface area contributed by atoms with Gasteiger partial charge in [0, 0.05) is 16.0 Å². The Bertz CT molecular complexity index is 629. The lowest BCUT2D eigenvalue weighted by Crippen LogP contribution is -2.13. The van der Waals surface area contributed by atoms with Crippen molar-refractivity contribution in [1.82, 2.24) is 0 Å². The number of carbonyl (C=O) groups excluding carboxylic acids is 1. The fourth-order valence-electron chi connectivity index (χ4n) is 1.91. The minimum Gasteiger partial charge on any atom is -0.496 e. The standard InChI is InChI=1S/C16H15BrClNO2/c1-21-15-10-12(17)4-7-14(15)16(20)19-13-5-2-11(3-6-13)8-9-18/h2-7,10H,8-9H2,1H3,(H,19,20). The van der Waals surface area contributed by atoms with Gasteiger partial charge in [-0.2, -0.15) is 0 Å². The van der Waals surface area contributed by atoms with E-state index in [9.17, 15) is 4.79 Å². The van der Waals surface area contributed by atoms with Gasteiger partial charge >= 0.3 is 0 Å². The summed E-state index contributed by atoms with van der Waals surface area (Å²) in [7, 11) is 1.54. The molecule has 0 saturated heterocycles. The maximum absolute atomic E-state index is 12.3. The summed E-state index contributed by atoms with van der Waals surface area (Å²) in [6.45, 7) is 0. The van der Waals surface area contributed by atoms with Crippen molar-refractivity contribution in [3.63, 3.8) is 0 Å². The van der Waals surface area contributed by atoms with Gasteiger partial charge < -0.3 is 10.1 Å². The number of hydrogen-bond donors (Lipinski definition) is 1. The zero-order valence-electron chi connectivity index (χ0n) is 11.5. The van der Waals surface area contributed by atoms with Crippen LogP contribution in [0.1, 0.15) is 15.9 Å². The molecule has 3 nitrogen and oxygen atoms in total. The summed E-state index contributed by atoms with van der Waals surface area (Å²) in [5, 5.41) is 2.85. The number of benzene rings is 2. The minimum atomic E-state index is -0.204. The molecule has 1 N–H and O–H groups in total. The van der Waals surface area contributed by atoms with Crippen molar-refractivity contribution in [3.8, 4) is 5.75 Å². The monoisotopic (exact) mass is 367 g/mol. The second-order valence-corrected chi connectivity index (χ2v) is 5.73. The van der Waals surface area contributed by atoms with Crippen LogP contribution in [0.5, 0.6) is 5.75 Å². The Morgan fingerprint density at radius 1 is 1.24 bits per heavy atom. The molecule has 5 heteroatoms. The Hall–Kier alpha value is -1.52. The molecule has 0 atom stereocenters. The maximum atomic E-state index is 12.3. The molecule has 0 unspecified atom stereocenters. The highest BCUT2D eigenvalue weighted by Gasteiger charge is 2.12. The zero-order chi connectivity index (χ0) is 15.2. The van der Waals surface area contributed by atoms with Crippen LogP contribution >= 0.6 is 27.5 Å². The average molecular weight is 369 g/mol. The quantitative estimate of drug-likeness (QED) is 0.790. The highest BCUT2D eigenvalue weighted by atomic mass is 79.9. The molecule has 0 saturated carbocycles. The van der Waals surface area contributed by atoms with Crippen LogP contribution in [0.3, 0.4) is 0 Å². The van der Waals surface area contributed by atoms with Crippen molar-refractivity contribution in [2.24, 2.45) is 0 Å². The van der Waals surface area contributed by atoms with E-state index in [2.05, 4.69) is 21.2 Å². The molecule has 2 aromatic rings. The molecule has 21 heavy (non-hydrogen) atoms. The van der Waals surface area contributed by atoms with Gasteiger partial charge in [-0.3, -0.25) is 4.79 Å². The van der Waals surface area contributed by atoms with Gasteiger partial charge in [-0.1, -0.05) is 28.1 Å². The van der Waals surface area contributed by atoms with Gasteiger partial charge in [-0.15, -0.1) is 11.6 Å². The van der Waals surface area contributed by atoms with Crippen LogP contribution in [0.4, 0.5) is 5.69 Å². The van der Waals surface area contributed by atoms with E-state index in [1.165, 1.54) is 0 Å². The molecule has 1 amide bonds. The first-order valence-corrected chi connectivity index (χ1v) is 7.76. The summed E-state index contributed by atoms with van der Waals surface area (Å²) in [6.07, 6.45) is 0.816. The predicted molar refractivity (Wildman–Crippen MR) is 89.5 cm³/mol. The van der Waals surface area contributed by atoms with Gasteiger partial charge in [0.15, 0.2) is 0 Å². The van der Waals surface area contributed by atoms with Gasteiger partial charge in [0.25, 0.3) is 5.91 Å². The maximum Gasteiger partial charge on any atom is 0.259 e. The molecule has 0 aromatic heterocycles. The van der Waals surface area contributed by atoms with E-state index in [4.69, 9.17) is 16.3 Å². The summed E-state index contributed by atoms with van der Waals surface area (Å²) in [5.41, 5.74) is 2.37. The third kappa shape index (κ3) is 4.22. The first-order valence-electron chi connectivity index (χ1n) is 6.44. The van der Waals surface area contributed by atoms with Crippen molar-refractivity contribution >= 4 is 39.1 Å². The smallest absolute Gasteiger partial charge is 0.259 e. The van der Waals surface area contributed by atoms with Gasteiger partial charge in [0.1, 0.15) is 5.75 Å². The van der Waals surface area contributed by atoms with E-state index in [1.807, 2.05) is 24.3 Å². The molecular formula is C16H15BrClNO2. The van der Waals surface area contributed by atoms with Crippen LogP contribution in [0.15, 0.2) is 46.9 Å². The van der Waals surface area contributed by atoms with E-state index in [0.29, 0.717) is 17.2 Å². The summed E-state index contributed by atoms with van der Waals surface area (Å²) in [6, 6.07) is 12.9. The summed E-state index contributed by atoms with van der Waals surface area (Å²) in [4.78, 5) is 12.3. The van der Waals surface area contributed by atoms with E-state index < -0.39 is 0 Å². The topological polar surface area (TPSA) is 38.3 Å². The number of anilines is 1. The molecule has 0 radical (unpaired) electrons. The Labute approximate surface area is 137 Å². The number of ether oxygens (including phenoxy) is 1. The second-order valence-electron chi connectivity index (χ2n) is 4.43. The van der Waals surface area contributed by atoms with Gasteiger partial charge in [0.05, 0.1) is 12.7 Å². The molecule has 0 aliphatic carbocycles. The van der Waals surface area contributed by atoms with Crippen LogP contribution in [-0.2, 0) is 6.42 Å². The SMILES string of the molecule is COc1cc(Br)ccc1C(=O)Nc1ccc(CCCl)cc1. The van der Waals surface area contributed by atoms with Crippen LogP contribution in [-0.4, -0.2) is 18.9 Å². The van der Waals surface area contributed by atoms with Gasteiger partial charge in [0.2, 0.25) is 0 Å². The van der Waals surface area contributed by atoms with Crippen molar-refractivity contribution in [3.05, 3.63) is 58.1 Å². The molecule has 0 aliphatic rings. The number of methoxy groups -OCH3 is 1. The second kappa shape index (κ2) is 7.48. The molecule has 0 fully saturated rings. The first-order chi connectivity index (χ1) is 10.1. The Morgan fingerprint density at radius 2 is 1.95 bits per heavy atom. The van der Waals surface area contributed by atoms with E-state index in [-0.39, 0.29) is 5.91 Å². The number of alkyl halides is 1.